The first-order valence-electron chi connectivity index (χ1n) is 11.6. The Kier molecular flexibility index (Phi) is 4.41. The number of benzene rings is 2. The molecule has 2 aromatic heterocycles. The quantitative estimate of drug-likeness (QED) is 0.484. The first kappa shape index (κ1) is 20.7. The summed E-state index contributed by atoms with van der Waals surface area (Å²) in [5, 5.41) is 0.477. The molecule has 3 aliphatic heterocycles. The Hall–Kier alpha value is -4.66. The van der Waals surface area contributed by atoms with Crippen molar-refractivity contribution in [3.8, 4) is 11.5 Å². The highest BCUT2D eigenvalue weighted by atomic mass is 16.7. The van der Waals surface area contributed by atoms with Gasteiger partial charge in [0.1, 0.15) is 12.6 Å². The number of hydrogen-bond donors (Lipinski definition) is 1. The second-order valence-electron chi connectivity index (χ2n) is 9.06. The third-order valence-corrected chi connectivity index (χ3v) is 7.03. The highest BCUT2D eigenvalue weighted by molar-refractivity contribution is 5.98. The summed E-state index contributed by atoms with van der Waals surface area (Å²) in [6.07, 6.45) is 1.65. The van der Waals surface area contributed by atoms with E-state index in [1.165, 1.54) is 9.80 Å². The fraction of sp³-hybridized carbons (Fsp3) is 0.185. The molecule has 0 aliphatic carbocycles. The van der Waals surface area contributed by atoms with Gasteiger partial charge < -0.3 is 24.3 Å². The van der Waals surface area contributed by atoms with Crippen LogP contribution < -0.4 is 14.9 Å². The van der Waals surface area contributed by atoms with E-state index in [1.807, 2.05) is 36.4 Å². The number of hydrogen-bond acceptors (Lipinski definition) is 6. The molecule has 7 rings (SSSR count). The van der Waals surface area contributed by atoms with Crippen LogP contribution in [0.1, 0.15) is 34.6 Å². The van der Waals surface area contributed by atoms with Gasteiger partial charge in [-0.05, 0) is 42.0 Å². The Labute approximate surface area is 204 Å². The van der Waals surface area contributed by atoms with Crippen LogP contribution in [-0.2, 0) is 16.1 Å². The van der Waals surface area contributed by atoms with E-state index in [1.54, 1.807) is 30.5 Å². The molecule has 0 bridgehead atoms. The molecule has 1 saturated heterocycles. The van der Waals surface area contributed by atoms with Crippen LogP contribution in [0.3, 0.4) is 0 Å². The van der Waals surface area contributed by atoms with Crippen molar-refractivity contribution in [2.75, 3.05) is 13.3 Å². The Morgan fingerprint density at radius 3 is 2.64 bits per heavy atom. The van der Waals surface area contributed by atoms with Crippen molar-refractivity contribution >= 4 is 22.7 Å². The third kappa shape index (κ3) is 2.95. The molecule has 1 fully saturated rings. The van der Waals surface area contributed by atoms with Crippen molar-refractivity contribution in [1.82, 2.24) is 19.8 Å². The van der Waals surface area contributed by atoms with Crippen molar-refractivity contribution in [1.29, 1.82) is 0 Å². The van der Waals surface area contributed by atoms with Crippen LogP contribution in [0.2, 0.25) is 0 Å². The van der Waals surface area contributed by atoms with Crippen LogP contribution in [0.5, 0.6) is 11.5 Å². The van der Waals surface area contributed by atoms with Crippen molar-refractivity contribution in [2.45, 2.75) is 18.6 Å². The molecule has 0 saturated carbocycles. The van der Waals surface area contributed by atoms with Gasteiger partial charge >= 0.3 is 0 Å². The summed E-state index contributed by atoms with van der Waals surface area (Å²) in [7, 11) is 0. The van der Waals surface area contributed by atoms with Crippen molar-refractivity contribution in [3.63, 3.8) is 0 Å². The summed E-state index contributed by atoms with van der Waals surface area (Å²) in [6, 6.07) is 16.4. The highest BCUT2D eigenvalue weighted by Crippen LogP contribution is 2.48. The average Bonchev–Trinajstić information content (AvgIpc) is 3.50. The van der Waals surface area contributed by atoms with Gasteiger partial charge in [0.2, 0.25) is 12.7 Å². The zero-order valence-corrected chi connectivity index (χ0v) is 19.0. The molecule has 9 nitrogen and oxygen atoms in total. The number of nitrogens with zero attached hydrogens (tertiary/aromatic N) is 3. The lowest BCUT2D eigenvalue weighted by atomic mass is 9.99. The molecular weight excluding hydrogens is 460 g/mol. The minimum atomic E-state index is -1.03. The van der Waals surface area contributed by atoms with Gasteiger partial charge in [-0.25, -0.2) is 0 Å². The predicted octanol–water partition coefficient (Wildman–Crippen LogP) is 2.67. The molecular formula is C27H20N4O5. The fourth-order valence-electron chi connectivity index (χ4n) is 5.44. The zero-order chi connectivity index (χ0) is 24.4. The molecule has 1 N–H and O–H groups in total. The Morgan fingerprint density at radius 2 is 1.78 bits per heavy atom. The highest BCUT2D eigenvalue weighted by Gasteiger charge is 2.52. The topological polar surface area (TPSA) is 105 Å². The number of ether oxygens (including phenoxy) is 2. The lowest BCUT2D eigenvalue weighted by Crippen LogP contribution is -2.54. The summed E-state index contributed by atoms with van der Waals surface area (Å²) in [4.78, 5) is 52.0. The summed E-state index contributed by atoms with van der Waals surface area (Å²) in [5.74, 6) is 0.632. The summed E-state index contributed by atoms with van der Waals surface area (Å²) in [5.41, 5.74) is 2.65. The second-order valence-corrected chi connectivity index (χ2v) is 9.06. The Morgan fingerprint density at radius 1 is 0.944 bits per heavy atom. The number of carbonyl (C=O) groups excluding carboxylic acids is 2. The van der Waals surface area contributed by atoms with E-state index >= 15 is 0 Å². The number of para-hydroxylation sites is 1. The number of amides is 2. The number of H-pyrrole nitrogens is 1. The lowest BCUT2D eigenvalue weighted by molar-refractivity contribution is -0.157. The van der Waals surface area contributed by atoms with Gasteiger partial charge in [0.25, 0.3) is 5.91 Å². The van der Waals surface area contributed by atoms with Gasteiger partial charge in [-0.3, -0.25) is 19.4 Å². The predicted molar refractivity (Wildman–Crippen MR) is 128 cm³/mol. The summed E-state index contributed by atoms with van der Waals surface area (Å²) < 4.78 is 11.0. The molecule has 2 amide bonds. The van der Waals surface area contributed by atoms with Crippen LogP contribution in [0.15, 0.2) is 71.7 Å². The SMILES string of the molecule is O=C1[C@H]2c3c([nH]c4ccccc4c3=O)[C@@H](c3ccc4c(c3)OCO4)N2C(=O)CN1Cc1ccccn1. The minimum absolute atomic E-state index is 0.103. The number of rotatable bonds is 3. The molecule has 0 spiro atoms. The first-order valence-corrected chi connectivity index (χ1v) is 11.6. The molecule has 9 heteroatoms. The van der Waals surface area contributed by atoms with Gasteiger partial charge in [-0.2, -0.15) is 0 Å². The summed E-state index contributed by atoms with van der Waals surface area (Å²) in [6.45, 7) is 0.202. The largest absolute Gasteiger partial charge is 0.454 e. The average molecular weight is 480 g/mol. The number of nitrogens with one attached hydrogen (secondary N) is 1. The maximum atomic E-state index is 13.9. The van der Waals surface area contributed by atoms with Crippen molar-refractivity contribution < 1.29 is 19.1 Å². The number of piperazine rings is 1. The summed E-state index contributed by atoms with van der Waals surface area (Å²) >= 11 is 0. The third-order valence-electron chi connectivity index (χ3n) is 7.03. The van der Waals surface area contributed by atoms with E-state index in [-0.39, 0.29) is 37.1 Å². The standard InChI is InChI=1S/C27H20N4O5/c32-21-13-30(12-16-5-3-4-10-28-16)27(34)25-22-23(29-18-7-2-1-6-17(18)26(22)33)24(31(21)25)15-8-9-19-20(11-15)36-14-35-19/h1-11,24-25H,12-14H2,(H,29,33)/t24-,25-/m1/s1. The van der Waals surface area contributed by atoms with Gasteiger partial charge in [-0.1, -0.05) is 24.3 Å². The van der Waals surface area contributed by atoms with Gasteiger partial charge in [0.05, 0.1) is 29.5 Å². The molecule has 2 atom stereocenters. The van der Waals surface area contributed by atoms with Gasteiger partial charge in [0, 0.05) is 17.1 Å². The van der Waals surface area contributed by atoms with Gasteiger partial charge in [0.15, 0.2) is 16.9 Å². The molecule has 2 aromatic carbocycles. The zero-order valence-electron chi connectivity index (χ0n) is 19.0. The molecule has 4 aromatic rings. The molecule has 178 valence electrons. The molecule has 0 radical (unpaired) electrons. The van der Waals surface area contributed by atoms with E-state index in [0.717, 1.165) is 5.56 Å². The minimum Gasteiger partial charge on any atom is -0.454 e. The van der Waals surface area contributed by atoms with Crippen LogP contribution in [-0.4, -0.2) is 44.9 Å². The van der Waals surface area contributed by atoms with E-state index in [4.69, 9.17) is 9.47 Å². The maximum Gasteiger partial charge on any atom is 0.251 e. The van der Waals surface area contributed by atoms with E-state index in [2.05, 4.69) is 9.97 Å². The lowest BCUT2D eigenvalue weighted by Gasteiger charge is -2.39. The normalized spacial score (nSPS) is 20.1. The van der Waals surface area contributed by atoms with E-state index in [0.29, 0.717) is 39.4 Å². The van der Waals surface area contributed by atoms with Crippen LogP contribution in [0.4, 0.5) is 0 Å². The first-order chi connectivity index (χ1) is 17.6. The number of pyridine rings is 2. The van der Waals surface area contributed by atoms with Crippen LogP contribution in [0, 0.1) is 0 Å². The Bertz CT molecular complexity index is 1620. The number of aromatic amines is 1. The maximum absolute atomic E-state index is 13.9. The van der Waals surface area contributed by atoms with E-state index < -0.39 is 12.1 Å². The van der Waals surface area contributed by atoms with E-state index in [9.17, 15) is 14.4 Å². The smallest absolute Gasteiger partial charge is 0.251 e. The molecule has 0 unspecified atom stereocenters. The van der Waals surface area contributed by atoms with Crippen LogP contribution >= 0.6 is 0 Å². The molecule has 3 aliphatic rings. The number of fused-ring (bicyclic) bond motifs is 5. The fourth-order valence-corrected chi connectivity index (χ4v) is 5.44. The molecule has 5 heterocycles. The molecule has 36 heavy (non-hydrogen) atoms. The van der Waals surface area contributed by atoms with Crippen molar-refractivity contribution in [3.05, 3.63) is 99.6 Å². The second kappa shape index (κ2) is 7.67. The van der Waals surface area contributed by atoms with Gasteiger partial charge in [-0.15, -0.1) is 0 Å². The van der Waals surface area contributed by atoms with Crippen LogP contribution in [0.25, 0.3) is 10.9 Å². The number of carbonyl (C=O) groups is 2. The monoisotopic (exact) mass is 480 g/mol. The Balaban J connectivity index is 1.41. The van der Waals surface area contributed by atoms with Crippen molar-refractivity contribution in [2.24, 2.45) is 0 Å². The number of aromatic nitrogens is 2.